The third kappa shape index (κ3) is 5.31. The van der Waals surface area contributed by atoms with Gasteiger partial charge in [0.2, 0.25) is 5.91 Å². The van der Waals surface area contributed by atoms with E-state index in [9.17, 15) is 14.4 Å². The molecule has 0 spiro atoms. The Kier molecular flexibility index (Phi) is 7.98. The van der Waals surface area contributed by atoms with Crippen LogP contribution in [0.4, 0.5) is 10.5 Å². The number of piperidine rings is 2. The van der Waals surface area contributed by atoms with Gasteiger partial charge in [-0.2, -0.15) is 0 Å². The summed E-state index contributed by atoms with van der Waals surface area (Å²) in [5, 5.41) is 2.70. The van der Waals surface area contributed by atoms with E-state index in [2.05, 4.69) is 22.9 Å². The smallest absolute Gasteiger partial charge is 0.409 e. The Morgan fingerprint density at radius 1 is 1.14 bits per heavy atom. The van der Waals surface area contributed by atoms with Gasteiger partial charge >= 0.3 is 6.09 Å². The third-order valence-electron chi connectivity index (χ3n) is 8.03. The molecule has 3 aliphatic rings. The fourth-order valence-corrected chi connectivity index (χ4v) is 5.96. The number of nitrogens with zero attached hydrogens (tertiary/aromatic N) is 3. The lowest BCUT2D eigenvalue weighted by Gasteiger charge is -2.40. The first-order valence-corrected chi connectivity index (χ1v) is 12.8. The van der Waals surface area contributed by atoms with Crippen LogP contribution in [0.15, 0.2) is 30.9 Å². The Hall–Kier alpha value is -3.03. The molecule has 1 aromatic rings. The quantitative estimate of drug-likeness (QED) is 0.603. The van der Waals surface area contributed by atoms with Crippen molar-refractivity contribution >= 4 is 23.6 Å². The maximum atomic E-state index is 13.1. The van der Waals surface area contributed by atoms with Crippen molar-refractivity contribution in [3.63, 3.8) is 0 Å². The molecule has 4 rings (SSSR count). The summed E-state index contributed by atoms with van der Waals surface area (Å²) in [6.07, 6.45) is 7.21. The van der Waals surface area contributed by atoms with Crippen molar-refractivity contribution in [2.45, 2.75) is 51.1 Å². The number of methoxy groups -OCH3 is 1. The van der Waals surface area contributed by atoms with Gasteiger partial charge in [0.15, 0.2) is 0 Å². The molecule has 0 bridgehead atoms. The summed E-state index contributed by atoms with van der Waals surface area (Å²) >= 11 is 0. The van der Waals surface area contributed by atoms with Crippen molar-refractivity contribution in [1.29, 1.82) is 0 Å². The summed E-state index contributed by atoms with van der Waals surface area (Å²) in [4.78, 5) is 43.2. The van der Waals surface area contributed by atoms with Crippen LogP contribution in [0.3, 0.4) is 0 Å². The minimum atomic E-state index is -0.484. The molecule has 8 heteroatoms. The number of benzene rings is 1. The molecule has 2 saturated heterocycles. The van der Waals surface area contributed by atoms with Gasteiger partial charge in [0.1, 0.15) is 6.04 Å². The van der Waals surface area contributed by atoms with E-state index in [0.29, 0.717) is 36.8 Å². The SMILES string of the molecule is C=CCCC(C(=O)NC)N1Cc2cc(N3CCC(C4CCN(C(=O)OC)CC4)CC3)ccc2C1=O. The number of allylic oxidation sites excluding steroid dienone is 1. The van der Waals surface area contributed by atoms with Gasteiger partial charge in [-0.25, -0.2) is 4.79 Å². The summed E-state index contributed by atoms with van der Waals surface area (Å²) in [5.41, 5.74) is 2.85. The second-order valence-corrected chi connectivity index (χ2v) is 9.89. The van der Waals surface area contributed by atoms with Crippen molar-refractivity contribution in [2.75, 3.05) is 45.2 Å². The molecule has 2 fully saturated rings. The zero-order valence-corrected chi connectivity index (χ0v) is 21.0. The van der Waals surface area contributed by atoms with Gasteiger partial charge in [0.05, 0.1) is 7.11 Å². The average molecular weight is 483 g/mol. The fraction of sp³-hybridized carbons (Fsp3) is 0.593. The van der Waals surface area contributed by atoms with Crippen LogP contribution in [0, 0.1) is 11.8 Å². The van der Waals surface area contributed by atoms with Gasteiger partial charge in [0.25, 0.3) is 5.91 Å². The molecular weight excluding hydrogens is 444 g/mol. The average Bonchev–Trinajstić information content (AvgIpc) is 3.23. The molecule has 1 aromatic carbocycles. The molecule has 0 aliphatic carbocycles. The molecule has 0 aromatic heterocycles. The number of likely N-dealkylation sites (tertiary alicyclic amines) is 1. The number of fused-ring (bicyclic) bond motifs is 1. The lowest BCUT2D eigenvalue weighted by molar-refractivity contribution is -0.125. The Balaban J connectivity index is 1.35. The van der Waals surface area contributed by atoms with Crippen molar-refractivity contribution in [3.05, 3.63) is 42.0 Å². The highest BCUT2D eigenvalue weighted by Crippen LogP contribution is 2.35. The standard InChI is InChI=1S/C27H38N4O4/c1-4-5-6-24(25(32)28-2)31-18-21-17-22(7-8-23(21)26(31)33)29-13-9-19(10-14-29)20-11-15-30(16-12-20)27(34)35-3/h4,7-8,17,19-20,24H,1,5-6,9-16,18H2,2-3H3,(H,28,32). The summed E-state index contributed by atoms with van der Waals surface area (Å²) in [6.45, 7) is 7.79. The monoisotopic (exact) mass is 482 g/mol. The van der Waals surface area contributed by atoms with E-state index in [4.69, 9.17) is 4.74 Å². The van der Waals surface area contributed by atoms with Crippen LogP contribution < -0.4 is 10.2 Å². The highest BCUT2D eigenvalue weighted by Gasteiger charge is 2.36. The number of ether oxygens (including phenoxy) is 1. The highest BCUT2D eigenvalue weighted by atomic mass is 16.5. The fourth-order valence-electron chi connectivity index (χ4n) is 5.96. The summed E-state index contributed by atoms with van der Waals surface area (Å²) in [5.74, 6) is 1.16. The van der Waals surface area contributed by atoms with Gasteiger partial charge < -0.3 is 24.8 Å². The first kappa shape index (κ1) is 25.1. The molecule has 1 unspecified atom stereocenters. The summed E-state index contributed by atoms with van der Waals surface area (Å²) in [6, 6.07) is 5.63. The molecule has 8 nitrogen and oxygen atoms in total. The van der Waals surface area contributed by atoms with E-state index in [0.717, 1.165) is 63.1 Å². The van der Waals surface area contributed by atoms with Crippen LogP contribution in [0.2, 0.25) is 0 Å². The number of amides is 3. The number of hydrogen-bond acceptors (Lipinski definition) is 5. The molecule has 1 atom stereocenters. The number of anilines is 1. The number of likely N-dealkylation sites (N-methyl/N-ethyl adjacent to an activating group) is 1. The van der Waals surface area contributed by atoms with Gasteiger partial charge in [-0.15, -0.1) is 6.58 Å². The minimum absolute atomic E-state index is 0.0683. The van der Waals surface area contributed by atoms with Crippen LogP contribution in [0.5, 0.6) is 0 Å². The second-order valence-electron chi connectivity index (χ2n) is 9.89. The number of carbonyl (C=O) groups is 3. The summed E-state index contributed by atoms with van der Waals surface area (Å²) in [7, 11) is 3.06. The van der Waals surface area contributed by atoms with Crippen LogP contribution in [-0.2, 0) is 16.1 Å². The number of hydrogen-bond donors (Lipinski definition) is 1. The van der Waals surface area contributed by atoms with Crippen molar-refractivity contribution < 1.29 is 19.1 Å². The van der Waals surface area contributed by atoms with Crippen molar-refractivity contribution in [2.24, 2.45) is 11.8 Å². The first-order chi connectivity index (χ1) is 17.0. The lowest BCUT2D eigenvalue weighted by atomic mass is 9.79. The Morgan fingerprint density at radius 3 is 2.40 bits per heavy atom. The van der Waals surface area contributed by atoms with Gasteiger partial charge in [-0.05, 0) is 74.1 Å². The van der Waals surface area contributed by atoms with E-state index in [-0.39, 0.29) is 17.9 Å². The van der Waals surface area contributed by atoms with Crippen LogP contribution in [0.1, 0.15) is 54.4 Å². The zero-order valence-electron chi connectivity index (χ0n) is 21.0. The van der Waals surface area contributed by atoms with Crippen molar-refractivity contribution in [1.82, 2.24) is 15.1 Å². The number of rotatable bonds is 7. The van der Waals surface area contributed by atoms with E-state index in [1.54, 1.807) is 18.0 Å². The van der Waals surface area contributed by atoms with Crippen LogP contribution in [-0.4, -0.2) is 74.1 Å². The van der Waals surface area contributed by atoms with E-state index < -0.39 is 6.04 Å². The van der Waals surface area contributed by atoms with Gasteiger partial charge in [-0.3, -0.25) is 9.59 Å². The molecule has 3 heterocycles. The Labute approximate surface area is 208 Å². The largest absolute Gasteiger partial charge is 0.453 e. The highest BCUT2D eigenvalue weighted by molar-refractivity contribution is 6.01. The van der Waals surface area contributed by atoms with Gasteiger partial charge in [0, 0.05) is 51.0 Å². The zero-order chi connectivity index (χ0) is 24.9. The van der Waals surface area contributed by atoms with E-state index in [1.807, 2.05) is 17.0 Å². The van der Waals surface area contributed by atoms with Gasteiger partial charge in [-0.1, -0.05) is 6.08 Å². The normalized spacial score (nSPS) is 19.9. The first-order valence-electron chi connectivity index (χ1n) is 12.8. The molecule has 0 saturated carbocycles. The minimum Gasteiger partial charge on any atom is -0.453 e. The lowest BCUT2D eigenvalue weighted by Crippen LogP contribution is -2.46. The number of carbonyl (C=O) groups excluding carboxylic acids is 3. The number of nitrogens with one attached hydrogen (secondary N) is 1. The molecule has 3 amide bonds. The molecule has 1 N–H and O–H groups in total. The van der Waals surface area contributed by atoms with E-state index >= 15 is 0 Å². The molecule has 35 heavy (non-hydrogen) atoms. The Morgan fingerprint density at radius 2 is 1.80 bits per heavy atom. The van der Waals surface area contributed by atoms with Crippen LogP contribution in [0.25, 0.3) is 0 Å². The third-order valence-corrected chi connectivity index (χ3v) is 8.03. The molecule has 3 aliphatic heterocycles. The molecule has 190 valence electrons. The Bertz CT molecular complexity index is 948. The van der Waals surface area contributed by atoms with Crippen LogP contribution >= 0.6 is 0 Å². The second kappa shape index (κ2) is 11.1. The topological polar surface area (TPSA) is 82.2 Å². The van der Waals surface area contributed by atoms with E-state index in [1.165, 1.54) is 7.11 Å². The summed E-state index contributed by atoms with van der Waals surface area (Å²) < 4.78 is 4.86. The maximum absolute atomic E-state index is 13.1. The molecule has 0 radical (unpaired) electrons. The molecular formula is C27H38N4O4. The predicted molar refractivity (Wildman–Crippen MR) is 135 cm³/mol. The maximum Gasteiger partial charge on any atom is 0.409 e. The predicted octanol–water partition coefficient (Wildman–Crippen LogP) is 3.42. The van der Waals surface area contributed by atoms with Crippen molar-refractivity contribution in [3.8, 4) is 0 Å².